The smallest absolute Gasteiger partial charge is 0.272 e. The predicted molar refractivity (Wildman–Crippen MR) is 87.2 cm³/mol. The Morgan fingerprint density at radius 1 is 1.10 bits per heavy atom. The normalized spacial score (nSPS) is 10.8. The van der Waals surface area contributed by atoms with Crippen LogP contribution in [0.4, 0.5) is 5.69 Å². The number of carbonyl (C=O) groups is 1. The van der Waals surface area contributed by atoms with Crippen LogP contribution in [0, 0.1) is 13.8 Å². The lowest BCUT2D eigenvalue weighted by Gasteiger charge is -2.05. The van der Waals surface area contributed by atoms with Crippen molar-refractivity contribution >= 4 is 34.1 Å². The van der Waals surface area contributed by atoms with Crippen LogP contribution in [0.3, 0.4) is 0 Å². The minimum atomic E-state index is -0.149. The maximum atomic E-state index is 12.4. The Balaban J connectivity index is 1.94. The van der Waals surface area contributed by atoms with Gasteiger partial charge in [0.05, 0.1) is 0 Å². The van der Waals surface area contributed by atoms with Gasteiger partial charge in [-0.3, -0.25) is 4.79 Å². The van der Waals surface area contributed by atoms with E-state index in [1.165, 1.54) is 0 Å². The molecule has 1 aromatic heterocycles. The molecule has 2 aromatic carbocycles. The average molecular weight is 299 g/mol. The van der Waals surface area contributed by atoms with E-state index >= 15 is 0 Å². The molecule has 4 heteroatoms. The molecule has 3 nitrogen and oxygen atoms in total. The fourth-order valence-electron chi connectivity index (χ4n) is 2.36. The Morgan fingerprint density at radius 2 is 1.81 bits per heavy atom. The van der Waals surface area contributed by atoms with Gasteiger partial charge in [-0.15, -0.1) is 0 Å². The molecule has 0 unspecified atom stereocenters. The molecule has 1 amide bonds. The van der Waals surface area contributed by atoms with Gasteiger partial charge in [-0.1, -0.05) is 29.3 Å². The molecule has 0 saturated heterocycles. The summed E-state index contributed by atoms with van der Waals surface area (Å²) in [4.78, 5) is 15.6. The molecule has 1 heterocycles. The number of benzene rings is 2. The molecule has 3 aromatic rings. The summed E-state index contributed by atoms with van der Waals surface area (Å²) < 4.78 is 0. The van der Waals surface area contributed by atoms with Crippen molar-refractivity contribution in [3.8, 4) is 0 Å². The highest BCUT2D eigenvalue weighted by atomic mass is 35.5. The highest BCUT2D eigenvalue weighted by molar-refractivity contribution is 6.31. The summed E-state index contributed by atoms with van der Waals surface area (Å²) in [6.45, 7) is 3.93. The fraction of sp³-hybridized carbons (Fsp3) is 0.118. The molecule has 0 atom stereocenters. The molecule has 21 heavy (non-hydrogen) atoms. The van der Waals surface area contributed by atoms with E-state index in [1.807, 2.05) is 56.3 Å². The molecule has 0 aliphatic heterocycles. The maximum Gasteiger partial charge on any atom is 0.272 e. The Kier molecular flexibility index (Phi) is 3.43. The van der Waals surface area contributed by atoms with Crippen molar-refractivity contribution in [3.63, 3.8) is 0 Å². The first-order chi connectivity index (χ1) is 10.0. The fourth-order valence-corrected chi connectivity index (χ4v) is 2.53. The summed E-state index contributed by atoms with van der Waals surface area (Å²) in [7, 11) is 0. The average Bonchev–Trinajstić information content (AvgIpc) is 2.79. The topological polar surface area (TPSA) is 44.9 Å². The second-order valence-electron chi connectivity index (χ2n) is 5.14. The highest BCUT2D eigenvalue weighted by Gasteiger charge is 2.15. The lowest BCUT2D eigenvalue weighted by molar-refractivity contribution is 0.102. The van der Waals surface area contributed by atoms with Crippen LogP contribution in [-0.2, 0) is 0 Å². The first kappa shape index (κ1) is 13.7. The third-order valence-corrected chi connectivity index (χ3v) is 3.79. The number of H-pyrrole nitrogens is 1. The van der Waals surface area contributed by atoms with Crippen LogP contribution in [0.15, 0.2) is 42.5 Å². The van der Waals surface area contributed by atoms with Crippen LogP contribution in [-0.4, -0.2) is 10.9 Å². The van der Waals surface area contributed by atoms with Gasteiger partial charge in [-0.2, -0.15) is 0 Å². The number of hydrogen-bond acceptors (Lipinski definition) is 1. The zero-order valence-corrected chi connectivity index (χ0v) is 12.6. The van der Waals surface area contributed by atoms with Crippen molar-refractivity contribution in [2.24, 2.45) is 0 Å². The number of aromatic amines is 1. The molecule has 0 aliphatic rings. The zero-order valence-electron chi connectivity index (χ0n) is 11.8. The van der Waals surface area contributed by atoms with Gasteiger partial charge in [0, 0.05) is 21.6 Å². The van der Waals surface area contributed by atoms with Gasteiger partial charge in [0.25, 0.3) is 5.91 Å². The molecule has 0 bridgehead atoms. The molecule has 2 N–H and O–H groups in total. The molecule has 3 rings (SSSR count). The van der Waals surface area contributed by atoms with E-state index in [9.17, 15) is 4.79 Å². The summed E-state index contributed by atoms with van der Waals surface area (Å²) in [5, 5.41) is 4.53. The van der Waals surface area contributed by atoms with Crippen LogP contribution in [0.1, 0.15) is 21.6 Å². The Hall–Kier alpha value is -2.26. The minimum absolute atomic E-state index is 0.149. The van der Waals surface area contributed by atoms with Crippen molar-refractivity contribution in [3.05, 3.63) is 64.3 Å². The highest BCUT2D eigenvalue weighted by Crippen LogP contribution is 2.25. The number of hydrogen-bond donors (Lipinski definition) is 2. The third kappa shape index (κ3) is 2.65. The first-order valence-electron chi connectivity index (χ1n) is 6.70. The number of nitrogens with one attached hydrogen (secondary N) is 2. The van der Waals surface area contributed by atoms with E-state index in [0.29, 0.717) is 10.7 Å². The number of halogens is 1. The number of anilines is 1. The predicted octanol–water partition coefficient (Wildman–Crippen LogP) is 4.69. The molecule has 0 aliphatic carbocycles. The maximum absolute atomic E-state index is 12.4. The number of aryl methyl sites for hydroxylation is 2. The molecule has 106 valence electrons. The van der Waals surface area contributed by atoms with Gasteiger partial charge in [-0.25, -0.2) is 0 Å². The van der Waals surface area contributed by atoms with Crippen molar-refractivity contribution in [2.45, 2.75) is 13.8 Å². The molecule has 0 saturated carbocycles. The second-order valence-corrected chi connectivity index (χ2v) is 5.57. The molecular weight excluding hydrogens is 284 g/mol. The van der Waals surface area contributed by atoms with E-state index in [0.717, 1.165) is 27.7 Å². The summed E-state index contributed by atoms with van der Waals surface area (Å²) >= 11 is 6.01. The standard InChI is InChI=1S/C17H15ClN2O/c1-10-3-6-13(7-4-10)19-17(21)16-11(2)14-9-12(18)5-8-15(14)20-16/h3-9,20H,1-2H3,(H,19,21). The number of aromatic nitrogens is 1. The second kappa shape index (κ2) is 5.26. The van der Waals surface area contributed by atoms with Crippen molar-refractivity contribution in [2.75, 3.05) is 5.32 Å². The molecule has 0 spiro atoms. The summed E-state index contributed by atoms with van der Waals surface area (Å²) in [5.74, 6) is -0.149. The van der Waals surface area contributed by atoms with Gasteiger partial charge < -0.3 is 10.3 Å². The van der Waals surface area contributed by atoms with Gasteiger partial charge in [0.15, 0.2) is 0 Å². The number of carbonyl (C=O) groups excluding carboxylic acids is 1. The van der Waals surface area contributed by atoms with E-state index < -0.39 is 0 Å². The zero-order chi connectivity index (χ0) is 15.0. The third-order valence-electron chi connectivity index (χ3n) is 3.56. The van der Waals surface area contributed by atoms with Crippen LogP contribution < -0.4 is 5.32 Å². The molecular formula is C17H15ClN2O. The Bertz CT molecular complexity index is 819. The van der Waals surface area contributed by atoms with Crippen LogP contribution in [0.25, 0.3) is 10.9 Å². The van der Waals surface area contributed by atoms with E-state index in [2.05, 4.69) is 10.3 Å². The van der Waals surface area contributed by atoms with Crippen molar-refractivity contribution < 1.29 is 4.79 Å². The lowest BCUT2D eigenvalue weighted by Crippen LogP contribution is -2.13. The van der Waals surface area contributed by atoms with Crippen LogP contribution in [0.5, 0.6) is 0 Å². The van der Waals surface area contributed by atoms with Crippen LogP contribution >= 0.6 is 11.6 Å². The SMILES string of the molecule is Cc1ccc(NC(=O)c2[nH]c3ccc(Cl)cc3c2C)cc1. The monoisotopic (exact) mass is 298 g/mol. The first-order valence-corrected chi connectivity index (χ1v) is 7.08. The van der Waals surface area contributed by atoms with Crippen molar-refractivity contribution in [1.82, 2.24) is 4.98 Å². The van der Waals surface area contributed by atoms with E-state index in [4.69, 9.17) is 11.6 Å². The largest absolute Gasteiger partial charge is 0.350 e. The van der Waals surface area contributed by atoms with Gasteiger partial charge >= 0.3 is 0 Å². The van der Waals surface area contributed by atoms with E-state index in [-0.39, 0.29) is 5.91 Å². The van der Waals surface area contributed by atoms with Crippen molar-refractivity contribution in [1.29, 1.82) is 0 Å². The summed E-state index contributed by atoms with van der Waals surface area (Å²) in [6.07, 6.45) is 0. The summed E-state index contributed by atoms with van der Waals surface area (Å²) in [6, 6.07) is 13.3. The number of fused-ring (bicyclic) bond motifs is 1. The van der Waals surface area contributed by atoms with Gasteiger partial charge in [-0.05, 0) is 49.7 Å². The number of rotatable bonds is 2. The Morgan fingerprint density at radius 3 is 2.52 bits per heavy atom. The Labute approximate surface area is 127 Å². The molecule has 0 fully saturated rings. The quantitative estimate of drug-likeness (QED) is 0.708. The molecule has 0 radical (unpaired) electrons. The van der Waals surface area contributed by atoms with E-state index in [1.54, 1.807) is 0 Å². The lowest BCUT2D eigenvalue weighted by atomic mass is 10.1. The number of amides is 1. The van der Waals surface area contributed by atoms with Gasteiger partial charge in [0.2, 0.25) is 0 Å². The minimum Gasteiger partial charge on any atom is -0.350 e. The summed E-state index contributed by atoms with van der Waals surface area (Å²) in [5.41, 5.74) is 4.31. The van der Waals surface area contributed by atoms with Gasteiger partial charge in [0.1, 0.15) is 5.69 Å². The van der Waals surface area contributed by atoms with Crippen LogP contribution in [0.2, 0.25) is 5.02 Å².